The molecule has 1 rings (SSSR count). The first kappa shape index (κ1) is 34.0. The van der Waals surface area contributed by atoms with E-state index in [4.69, 9.17) is 18.5 Å². The molecule has 0 amide bonds. The topological polar surface area (TPSA) is 74.2 Å². The van der Waals surface area contributed by atoms with E-state index in [2.05, 4.69) is 46.9 Å². The molecule has 0 bridgehead atoms. The van der Waals surface area contributed by atoms with E-state index in [-0.39, 0.29) is 13.2 Å². The molecular weight excluding hydrogens is 592 g/mol. The van der Waals surface area contributed by atoms with Crippen molar-refractivity contribution in [2.45, 2.75) is 76.7 Å². The van der Waals surface area contributed by atoms with Crippen LogP contribution < -0.4 is 0 Å². The fourth-order valence-electron chi connectivity index (χ4n) is 3.68. The molecule has 1 aromatic carbocycles. The molecule has 9 heteroatoms. The Balaban J connectivity index is 1.92. The van der Waals surface area contributed by atoms with Gasteiger partial charge in [-0.2, -0.15) is 0 Å². The fourth-order valence-corrected chi connectivity index (χ4v) is 5.03. The van der Waals surface area contributed by atoms with Gasteiger partial charge in [-0.25, -0.2) is 4.57 Å². The summed E-state index contributed by atoms with van der Waals surface area (Å²) in [5.41, 5.74) is 1.46. The number of rotatable bonds is 23. The lowest BCUT2D eigenvalue weighted by molar-refractivity contribution is -0.870. The summed E-state index contributed by atoms with van der Waals surface area (Å²) >= 11 is 2.38. The zero-order chi connectivity index (χ0) is 26.7. The molecule has 1 aromatic rings. The van der Waals surface area contributed by atoms with Gasteiger partial charge in [-0.15, -0.1) is 0 Å². The molecule has 1 N–H and O–H groups in total. The Morgan fingerprint density at radius 2 is 1.50 bits per heavy atom. The van der Waals surface area contributed by atoms with Crippen LogP contribution in [-0.2, 0) is 29.5 Å². The van der Waals surface area contributed by atoms with Crippen molar-refractivity contribution in [1.82, 2.24) is 0 Å². The van der Waals surface area contributed by atoms with Gasteiger partial charge in [0.15, 0.2) is 0 Å². The lowest BCUT2D eigenvalue weighted by Crippen LogP contribution is -2.37. The number of benzene rings is 1. The Bertz CT molecular complexity index is 730. The lowest BCUT2D eigenvalue weighted by Gasteiger charge is -2.24. The highest BCUT2D eigenvalue weighted by molar-refractivity contribution is 14.1. The van der Waals surface area contributed by atoms with Gasteiger partial charge in [0.05, 0.1) is 34.4 Å². The summed E-state index contributed by atoms with van der Waals surface area (Å²) in [5, 5.41) is 0. The second-order valence-corrected chi connectivity index (χ2v) is 13.2. The number of phosphoric ester groups is 1. The van der Waals surface area contributed by atoms with Crippen LogP contribution in [0.1, 0.15) is 69.8 Å². The van der Waals surface area contributed by atoms with Crippen molar-refractivity contribution in [1.29, 1.82) is 0 Å². The predicted octanol–water partition coefficient (Wildman–Crippen LogP) is 6.61. The van der Waals surface area contributed by atoms with Crippen LogP contribution in [0.25, 0.3) is 0 Å². The average Bonchev–Trinajstić information content (AvgIpc) is 2.80. The molecule has 1 unspecified atom stereocenters. The third kappa shape index (κ3) is 20.0. The van der Waals surface area contributed by atoms with Crippen molar-refractivity contribution in [2.75, 3.05) is 61.2 Å². The number of hydrogen-bond acceptors (Lipinski definition) is 5. The number of hydrogen-bond donors (Lipinski definition) is 1. The molecule has 0 heterocycles. The van der Waals surface area contributed by atoms with Crippen LogP contribution in [0.3, 0.4) is 0 Å². The van der Waals surface area contributed by atoms with E-state index < -0.39 is 13.9 Å². The third-order valence-electron chi connectivity index (χ3n) is 5.97. The zero-order valence-corrected chi connectivity index (χ0v) is 26.0. The molecule has 0 fully saturated rings. The molecule has 36 heavy (non-hydrogen) atoms. The summed E-state index contributed by atoms with van der Waals surface area (Å²) in [6.07, 6.45) is 13.5. The van der Waals surface area contributed by atoms with E-state index in [1.807, 2.05) is 21.1 Å². The van der Waals surface area contributed by atoms with Gasteiger partial charge in [-0.3, -0.25) is 9.05 Å². The van der Waals surface area contributed by atoms with E-state index in [1.165, 1.54) is 66.9 Å². The summed E-state index contributed by atoms with van der Waals surface area (Å²) in [7, 11) is 3.43. The molecule has 0 saturated carbocycles. The van der Waals surface area contributed by atoms with Crippen molar-refractivity contribution in [3.8, 4) is 0 Å². The zero-order valence-electron chi connectivity index (χ0n) is 23.0. The summed E-state index contributed by atoms with van der Waals surface area (Å²) in [6, 6.07) is 8.82. The predicted molar refractivity (Wildman–Crippen MR) is 155 cm³/mol. The number of methoxy groups -OCH3 is 1. The fraction of sp³-hybridized carbons (Fsp3) is 0.778. The van der Waals surface area contributed by atoms with Gasteiger partial charge in [0.1, 0.15) is 19.3 Å². The van der Waals surface area contributed by atoms with E-state index in [0.717, 1.165) is 12.8 Å². The van der Waals surface area contributed by atoms with Gasteiger partial charge in [-0.1, -0.05) is 63.5 Å². The molecule has 0 aliphatic heterocycles. The van der Waals surface area contributed by atoms with Crippen LogP contribution in [0.5, 0.6) is 0 Å². The number of quaternary nitrogens is 1. The maximum absolute atomic E-state index is 12.0. The number of likely N-dealkylation sites (N-methyl/N-ethyl adjacent to an activating group) is 1. The highest BCUT2D eigenvalue weighted by atomic mass is 127. The lowest BCUT2D eigenvalue weighted by atomic mass is 10.0. The minimum absolute atomic E-state index is 0.0414. The smallest absolute Gasteiger partial charge is 0.379 e. The first-order valence-corrected chi connectivity index (χ1v) is 16.0. The second-order valence-electron chi connectivity index (χ2n) is 10.5. The minimum Gasteiger partial charge on any atom is -0.379 e. The van der Waals surface area contributed by atoms with Crippen LogP contribution in [-0.4, -0.2) is 76.7 Å². The van der Waals surface area contributed by atoms with Gasteiger partial charge in [0, 0.05) is 17.3 Å². The number of aryl methyl sites for hydroxylation is 1. The van der Waals surface area contributed by atoms with Gasteiger partial charge in [0.2, 0.25) is 0 Å². The van der Waals surface area contributed by atoms with Crippen LogP contribution in [0, 0.1) is 3.57 Å². The highest BCUT2D eigenvalue weighted by Gasteiger charge is 2.24. The normalized spacial score (nSPS) is 14.6. The Morgan fingerprint density at radius 1 is 0.889 bits per heavy atom. The first-order valence-electron chi connectivity index (χ1n) is 13.4. The van der Waals surface area contributed by atoms with E-state index in [0.29, 0.717) is 24.2 Å². The molecule has 0 radical (unpaired) electrons. The Hall–Kier alpha value is -0.0600. The second kappa shape index (κ2) is 19.9. The van der Waals surface area contributed by atoms with Gasteiger partial charge < -0.3 is 18.9 Å². The molecular formula is C27H50INO6P+. The Labute approximate surface area is 233 Å². The molecule has 0 saturated heterocycles. The molecule has 210 valence electrons. The standard InChI is InChI=1S/C27H49INO6P/c1-29(2,3)19-21-34-36(30,31)35-24-27(32-4)23-33-20-14-12-10-8-6-5-7-9-11-13-16-25-17-15-18-26(28)22-25/h15,17-18,22,27H,5-14,16,19-21,23-24H2,1-4H3/p+1/t27-/m1/s1. The van der Waals surface area contributed by atoms with Gasteiger partial charge >= 0.3 is 7.82 Å². The molecule has 2 atom stereocenters. The van der Waals surface area contributed by atoms with Crippen molar-refractivity contribution < 1.29 is 32.5 Å². The number of phosphoric acid groups is 1. The Kier molecular flexibility index (Phi) is 18.8. The van der Waals surface area contributed by atoms with Crippen molar-refractivity contribution in [3.63, 3.8) is 0 Å². The van der Waals surface area contributed by atoms with Gasteiger partial charge in [0.25, 0.3) is 0 Å². The quantitative estimate of drug-likeness (QED) is 0.0628. The van der Waals surface area contributed by atoms with E-state index in [9.17, 15) is 9.46 Å². The number of unbranched alkanes of at least 4 members (excludes halogenated alkanes) is 9. The van der Waals surface area contributed by atoms with Crippen LogP contribution in [0.2, 0.25) is 0 Å². The monoisotopic (exact) mass is 642 g/mol. The van der Waals surface area contributed by atoms with Crippen LogP contribution in [0.15, 0.2) is 24.3 Å². The number of ether oxygens (including phenoxy) is 2. The van der Waals surface area contributed by atoms with Crippen LogP contribution >= 0.6 is 30.4 Å². The van der Waals surface area contributed by atoms with Crippen molar-refractivity contribution >= 4 is 30.4 Å². The molecule has 0 aliphatic carbocycles. The third-order valence-corrected chi connectivity index (χ3v) is 7.63. The van der Waals surface area contributed by atoms with E-state index in [1.54, 1.807) is 7.11 Å². The summed E-state index contributed by atoms with van der Waals surface area (Å²) in [6.45, 7) is 1.72. The number of nitrogens with zero attached hydrogens (tertiary/aromatic N) is 1. The average molecular weight is 643 g/mol. The van der Waals surface area contributed by atoms with Crippen LogP contribution in [0.4, 0.5) is 0 Å². The molecule has 0 spiro atoms. The molecule has 0 aliphatic rings. The molecule has 7 nitrogen and oxygen atoms in total. The molecule has 0 aromatic heterocycles. The summed E-state index contributed by atoms with van der Waals surface area (Å²) < 4.78 is 35.0. The summed E-state index contributed by atoms with van der Waals surface area (Å²) in [5.74, 6) is 0. The van der Waals surface area contributed by atoms with Crippen molar-refractivity contribution in [2.24, 2.45) is 0 Å². The Morgan fingerprint density at radius 3 is 2.08 bits per heavy atom. The summed E-state index contributed by atoms with van der Waals surface area (Å²) in [4.78, 5) is 9.80. The SMILES string of the molecule is CO[C@H](COCCCCCCCCCCCCc1cccc(I)c1)COP(=O)(O)OCC[N+](C)(C)C. The van der Waals surface area contributed by atoms with Gasteiger partial charge in [-0.05, 0) is 59.5 Å². The number of halogens is 1. The maximum atomic E-state index is 12.0. The van der Waals surface area contributed by atoms with E-state index >= 15 is 0 Å². The largest absolute Gasteiger partial charge is 0.472 e. The maximum Gasteiger partial charge on any atom is 0.472 e. The first-order chi connectivity index (χ1) is 17.1. The minimum atomic E-state index is -4.08. The highest BCUT2D eigenvalue weighted by Crippen LogP contribution is 2.43. The van der Waals surface area contributed by atoms with Crippen molar-refractivity contribution in [3.05, 3.63) is 33.4 Å².